The maximum absolute atomic E-state index is 12.6. The molecule has 1 unspecified atom stereocenters. The summed E-state index contributed by atoms with van der Waals surface area (Å²) in [6.45, 7) is 3.40. The van der Waals surface area contributed by atoms with Gasteiger partial charge >= 0.3 is 0 Å². The Balaban J connectivity index is 1.95. The van der Waals surface area contributed by atoms with Gasteiger partial charge in [0.1, 0.15) is 5.69 Å². The number of rotatable bonds is 6. The lowest BCUT2D eigenvalue weighted by atomic mass is 10.1. The average molecular weight is 364 g/mol. The van der Waals surface area contributed by atoms with Crippen molar-refractivity contribution < 1.29 is 8.42 Å². The molecule has 2 aromatic rings. The zero-order valence-corrected chi connectivity index (χ0v) is 15.6. The Kier molecular flexibility index (Phi) is 5.16. The molecule has 0 amide bonds. The Morgan fingerprint density at radius 3 is 2.84 bits per heavy atom. The van der Waals surface area contributed by atoms with Gasteiger partial charge in [0.25, 0.3) is 10.2 Å². The molecule has 1 fully saturated rings. The second kappa shape index (κ2) is 7.19. The number of aryl methyl sites for hydroxylation is 1. The average Bonchev–Trinajstić information content (AvgIpc) is 3.24. The highest BCUT2D eigenvalue weighted by Crippen LogP contribution is 2.34. The van der Waals surface area contributed by atoms with E-state index in [0.29, 0.717) is 12.2 Å². The van der Waals surface area contributed by atoms with Crippen LogP contribution in [0.4, 0.5) is 0 Å². The molecule has 0 N–H and O–H groups in total. The summed E-state index contributed by atoms with van der Waals surface area (Å²) in [5.41, 5.74) is 2.30. The highest BCUT2D eigenvalue weighted by molar-refractivity contribution is 7.86. The minimum atomic E-state index is -3.48. The first-order valence-electron chi connectivity index (χ1n) is 8.48. The van der Waals surface area contributed by atoms with Crippen LogP contribution in [0.1, 0.15) is 37.9 Å². The zero-order chi connectivity index (χ0) is 18.0. The molecule has 1 aliphatic rings. The van der Waals surface area contributed by atoms with Gasteiger partial charge in [0.15, 0.2) is 0 Å². The monoisotopic (exact) mass is 364 g/mol. The van der Waals surface area contributed by atoms with Crippen molar-refractivity contribution >= 4 is 10.2 Å². The molecule has 3 rings (SSSR count). The van der Waals surface area contributed by atoms with Crippen molar-refractivity contribution in [1.29, 1.82) is 0 Å². The van der Waals surface area contributed by atoms with E-state index in [-0.39, 0.29) is 6.04 Å². The van der Waals surface area contributed by atoms with Crippen molar-refractivity contribution in [2.75, 3.05) is 20.6 Å². The normalized spacial score (nSPS) is 19.0. The van der Waals surface area contributed by atoms with Gasteiger partial charge in [-0.05, 0) is 25.3 Å². The molecule has 9 heteroatoms. The molecular weight excluding hydrogens is 340 g/mol. The van der Waals surface area contributed by atoms with Crippen LogP contribution in [0.2, 0.25) is 0 Å². The SMILES string of the molecule is CCCn1nccc1-c1cncc(C2CCCN2S(=O)(=O)N(C)C)n1. The fraction of sp³-hybridized carbons (Fsp3) is 0.562. The Bertz CT molecular complexity index is 833. The fourth-order valence-electron chi connectivity index (χ4n) is 3.13. The molecule has 2 aromatic heterocycles. The van der Waals surface area contributed by atoms with Crippen molar-refractivity contribution in [3.63, 3.8) is 0 Å². The second-order valence-corrected chi connectivity index (χ2v) is 8.42. The number of hydrogen-bond donors (Lipinski definition) is 0. The van der Waals surface area contributed by atoms with E-state index in [1.165, 1.54) is 8.61 Å². The molecule has 0 bridgehead atoms. The number of nitrogens with zero attached hydrogens (tertiary/aromatic N) is 6. The lowest BCUT2D eigenvalue weighted by Crippen LogP contribution is -2.39. The fourth-order valence-corrected chi connectivity index (χ4v) is 4.44. The van der Waals surface area contributed by atoms with Crippen molar-refractivity contribution in [3.8, 4) is 11.4 Å². The van der Waals surface area contributed by atoms with Crippen LogP contribution >= 0.6 is 0 Å². The second-order valence-electron chi connectivity index (χ2n) is 6.33. The molecule has 1 atom stereocenters. The third kappa shape index (κ3) is 3.44. The lowest BCUT2D eigenvalue weighted by molar-refractivity contribution is 0.357. The smallest absolute Gasteiger partial charge is 0.263 e. The number of aromatic nitrogens is 4. The van der Waals surface area contributed by atoms with Gasteiger partial charge in [-0.3, -0.25) is 9.67 Å². The summed E-state index contributed by atoms with van der Waals surface area (Å²) in [6.07, 6.45) is 7.65. The van der Waals surface area contributed by atoms with Crippen LogP contribution in [0.5, 0.6) is 0 Å². The van der Waals surface area contributed by atoms with E-state index in [1.54, 1.807) is 32.7 Å². The van der Waals surface area contributed by atoms with Gasteiger partial charge in [-0.1, -0.05) is 6.92 Å². The summed E-state index contributed by atoms with van der Waals surface area (Å²) in [6, 6.07) is 1.63. The van der Waals surface area contributed by atoms with Crippen LogP contribution in [0.3, 0.4) is 0 Å². The Morgan fingerprint density at radius 2 is 2.12 bits per heavy atom. The highest BCUT2D eigenvalue weighted by Gasteiger charge is 2.37. The van der Waals surface area contributed by atoms with E-state index in [2.05, 4.69) is 17.0 Å². The van der Waals surface area contributed by atoms with Crippen molar-refractivity contribution in [1.82, 2.24) is 28.4 Å². The standard InChI is InChI=1S/C16H24N6O2S/c1-4-9-21-15(7-8-18-21)13-11-17-12-14(19-13)16-6-5-10-22(16)25(23,24)20(2)3/h7-8,11-12,16H,4-6,9-10H2,1-3H3. The van der Waals surface area contributed by atoms with Gasteiger partial charge < -0.3 is 0 Å². The molecule has 0 radical (unpaired) electrons. The minimum absolute atomic E-state index is 0.276. The summed E-state index contributed by atoms with van der Waals surface area (Å²) in [5.74, 6) is 0. The summed E-state index contributed by atoms with van der Waals surface area (Å²) >= 11 is 0. The molecule has 8 nitrogen and oxygen atoms in total. The first-order valence-corrected chi connectivity index (χ1v) is 9.88. The van der Waals surface area contributed by atoms with Gasteiger partial charge in [-0.25, -0.2) is 4.98 Å². The van der Waals surface area contributed by atoms with E-state index in [4.69, 9.17) is 4.98 Å². The quantitative estimate of drug-likeness (QED) is 0.779. The van der Waals surface area contributed by atoms with Crippen LogP contribution in [0, 0.1) is 0 Å². The summed E-state index contributed by atoms with van der Waals surface area (Å²) in [5, 5.41) is 4.32. The Morgan fingerprint density at radius 1 is 1.32 bits per heavy atom. The minimum Gasteiger partial charge on any atom is -0.263 e. The van der Waals surface area contributed by atoms with Gasteiger partial charge in [0, 0.05) is 33.4 Å². The molecular formula is C16H24N6O2S. The van der Waals surface area contributed by atoms with E-state index < -0.39 is 10.2 Å². The molecule has 0 aliphatic carbocycles. The topological polar surface area (TPSA) is 84.2 Å². The summed E-state index contributed by atoms with van der Waals surface area (Å²) in [4.78, 5) is 9.02. The Labute approximate surface area is 148 Å². The van der Waals surface area contributed by atoms with Crippen LogP contribution in [0.15, 0.2) is 24.7 Å². The molecule has 1 saturated heterocycles. The van der Waals surface area contributed by atoms with E-state index in [9.17, 15) is 8.42 Å². The molecule has 3 heterocycles. The van der Waals surface area contributed by atoms with Gasteiger partial charge in [0.2, 0.25) is 0 Å². The Hall–Kier alpha value is -1.84. The van der Waals surface area contributed by atoms with E-state index in [1.807, 2.05) is 10.7 Å². The molecule has 136 valence electrons. The first-order chi connectivity index (χ1) is 11.9. The van der Waals surface area contributed by atoms with Crippen molar-refractivity contribution in [3.05, 3.63) is 30.4 Å². The summed E-state index contributed by atoms with van der Waals surface area (Å²) < 4.78 is 29.8. The van der Waals surface area contributed by atoms with Crippen LogP contribution in [0.25, 0.3) is 11.4 Å². The van der Waals surface area contributed by atoms with Crippen LogP contribution in [-0.4, -0.2) is 57.4 Å². The maximum Gasteiger partial charge on any atom is 0.282 e. The predicted octanol–water partition coefficient (Wildman–Crippen LogP) is 1.69. The molecule has 1 aliphatic heterocycles. The van der Waals surface area contributed by atoms with Gasteiger partial charge in [-0.15, -0.1) is 0 Å². The molecule has 0 aromatic carbocycles. The lowest BCUT2D eigenvalue weighted by Gasteiger charge is -2.26. The third-order valence-electron chi connectivity index (χ3n) is 4.37. The zero-order valence-electron chi connectivity index (χ0n) is 14.8. The van der Waals surface area contributed by atoms with Gasteiger partial charge in [-0.2, -0.15) is 22.1 Å². The van der Waals surface area contributed by atoms with Crippen molar-refractivity contribution in [2.45, 2.75) is 38.8 Å². The highest BCUT2D eigenvalue weighted by atomic mass is 32.2. The van der Waals surface area contributed by atoms with E-state index >= 15 is 0 Å². The number of hydrogen-bond acceptors (Lipinski definition) is 5. The third-order valence-corrected chi connectivity index (χ3v) is 6.32. The molecule has 0 spiro atoms. The summed E-state index contributed by atoms with van der Waals surface area (Å²) in [7, 11) is -0.373. The predicted molar refractivity (Wildman–Crippen MR) is 94.8 cm³/mol. The van der Waals surface area contributed by atoms with Crippen LogP contribution in [-0.2, 0) is 16.8 Å². The molecule has 0 saturated carbocycles. The van der Waals surface area contributed by atoms with Gasteiger partial charge in [0.05, 0.1) is 29.8 Å². The molecule has 25 heavy (non-hydrogen) atoms. The first kappa shape index (κ1) is 18.0. The largest absolute Gasteiger partial charge is 0.282 e. The van der Waals surface area contributed by atoms with Crippen LogP contribution < -0.4 is 0 Å². The van der Waals surface area contributed by atoms with E-state index in [0.717, 1.165) is 37.2 Å². The van der Waals surface area contributed by atoms with Crippen molar-refractivity contribution in [2.24, 2.45) is 0 Å². The maximum atomic E-state index is 12.6.